The topological polar surface area (TPSA) is 72.5 Å². The normalized spacial score (nSPS) is 11.5. The van der Waals surface area contributed by atoms with E-state index in [1.165, 1.54) is 32.0 Å². The predicted octanol–water partition coefficient (Wildman–Crippen LogP) is 4.38. The van der Waals surface area contributed by atoms with Crippen molar-refractivity contribution in [1.29, 1.82) is 0 Å². The van der Waals surface area contributed by atoms with E-state index < -0.39 is 18.0 Å². The number of Topliss-reactive ketones (excluding diaryl/α,β-unsaturated/α-hetero) is 1. The molecule has 7 heteroatoms. The van der Waals surface area contributed by atoms with Crippen molar-refractivity contribution in [3.05, 3.63) is 63.6 Å². The highest BCUT2D eigenvalue weighted by Gasteiger charge is 2.21. The third kappa shape index (κ3) is 5.05. The van der Waals surface area contributed by atoms with Crippen molar-refractivity contribution in [2.24, 2.45) is 0 Å². The molecule has 0 heterocycles. The lowest BCUT2D eigenvalue weighted by atomic mass is 10.1. The number of nitrogens with one attached hydrogen (secondary N) is 1. The number of ketones is 1. The van der Waals surface area contributed by atoms with Crippen molar-refractivity contribution in [1.82, 2.24) is 0 Å². The van der Waals surface area contributed by atoms with Crippen LogP contribution in [0.3, 0.4) is 0 Å². The Morgan fingerprint density at radius 3 is 2.44 bits per heavy atom. The standard InChI is InChI=1S/C18H15Cl2NO4/c1-10(22)12-4-3-5-14(8-12)21-17(23)11(2)25-18(24)15-7-6-13(19)9-16(15)20/h3-9,11H,1-2H3,(H,21,23)/t11-/m1/s1. The maximum atomic E-state index is 12.2. The molecule has 2 aromatic rings. The van der Waals surface area contributed by atoms with Crippen LogP contribution in [0.25, 0.3) is 0 Å². The van der Waals surface area contributed by atoms with E-state index in [0.29, 0.717) is 16.3 Å². The Kier molecular flexibility index (Phi) is 6.17. The first-order valence-electron chi connectivity index (χ1n) is 7.36. The molecule has 0 aromatic heterocycles. The Labute approximate surface area is 154 Å². The summed E-state index contributed by atoms with van der Waals surface area (Å²) in [5.41, 5.74) is 1.02. The first-order valence-corrected chi connectivity index (χ1v) is 8.11. The van der Waals surface area contributed by atoms with Crippen molar-refractivity contribution in [2.75, 3.05) is 5.32 Å². The third-order valence-corrected chi connectivity index (χ3v) is 3.89. The number of benzene rings is 2. The van der Waals surface area contributed by atoms with Gasteiger partial charge in [-0.2, -0.15) is 0 Å². The van der Waals surface area contributed by atoms with Crippen LogP contribution >= 0.6 is 23.2 Å². The van der Waals surface area contributed by atoms with Crippen LogP contribution in [-0.2, 0) is 9.53 Å². The second kappa shape index (κ2) is 8.14. The largest absolute Gasteiger partial charge is 0.449 e. The van der Waals surface area contributed by atoms with Gasteiger partial charge in [-0.15, -0.1) is 0 Å². The van der Waals surface area contributed by atoms with E-state index in [2.05, 4.69) is 5.32 Å². The number of amides is 1. The predicted molar refractivity (Wildman–Crippen MR) is 96.4 cm³/mol. The van der Waals surface area contributed by atoms with E-state index in [0.717, 1.165) is 0 Å². The summed E-state index contributed by atoms with van der Waals surface area (Å²) in [5, 5.41) is 3.12. The monoisotopic (exact) mass is 379 g/mol. The molecule has 130 valence electrons. The zero-order chi connectivity index (χ0) is 18.6. The number of carbonyl (C=O) groups excluding carboxylic acids is 3. The van der Waals surface area contributed by atoms with Crippen molar-refractivity contribution >= 4 is 46.5 Å². The van der Waals surface area contributed by atoms with E-state index in [4.69, 9.17) is 27.9 Å². The molecule has 0 aliphatic rings. The number of anilines is 1. The van der Waals surface area contributed by atoms with Crippen molar-refractivity contribution in [3.63, 3.8) is 0 Å². The van der Waals surface area contributed by atoms with Crippen molar-refractivity contribution in [2.45, 2.75) is 20.0 Å². The molecule has 0 aliphatic carbocycles. The molecule has 1 amide bonds. The zero-order valence-corrected chi connectivity index (χ0v) is 15.0. The smallest absolute Gasteiger partial charge is 0.340 e. The SMILES string of the molecule is CC(=O)c1cccc(NC(=O)[C@@H](C)OC(=O)c2ccc(Cl)cc2Cl)c1. The van der Waals surface area contributed by atoms with Gasteiger partial charge in [-0.1, -0.05) is 35.3 Å². The Hall–Kier alpha value is -2.37. The second-order valence-corrected chi connectivity index (χ2v) is 6.14. The number of hydrogen-bond acceptors (Lipinski definition) is 4. The maximum Gasteiger partial charge on any atom is 0.340 e. The van der Waals surface area contributed by atoms with Crippen LogP contribution in [0.5, 0.6) is 0 Å². The second-order valence-electron chi connectivity index (χ2n) is 5.30. The molecular weight excluding hydrogens is 365 g/mol. The molecule has 0 saturated heterocycles. The van der Waals surface area contributed by atoms with E-state index in [1.807, 2.05) is 0 Å². The van der Waals surface area contributed by atoms with Crippen LogP contribution < -0.4 is 5.32 Å². The van der Waals surface area contributed by atoms with Gasteiger partial charge in [-0.05, 0) is 44.2 Å². The lowest BCUT2D eigenvalue weighted by Gasteiger charge is -2.14. The molecule has 2 aromatic carbocycles. The quantitative estimate of drug-likeness (QED) is 0.617. The van der Waals surface area contributed by atoms with Gasteiger partial charge >= 0.3 is 5.97 Å². The Morgan fingerprint density at radius 1 is 1.08 bits per heavy atom. The highest BCUT2D eigenvalue weighted by Crippen LogP contribution is 2.22. The van der Waals surface area contributed by atoms with Crippen LogP contribution in [0, 0.1) is 0 Å². The van der Waals surface area contributed by atoms with E-state index in [1.54, 1.807) is 24.3 Å². The summed E-state index contributed by atoms with van der Waals surface area (Å²) >= 11 is 11.7. The van der Waals surface area contributed by atoms with Gasteiger partial charge in [-0.3, -0.25) is 9.59 Å². The molecule has 1 atom stereocenters. The molecule has 5 nitrogen and oxygen atoms in total. The highest BCUT2D eigenvalue weighted by molar-refractivity contribution is 6.36. The first kappa shape index (κ1) is 19.0. The van der Waals surface area contributed by atoms with Crippen LogP contribution in [0.1, 0.15) is 34.6 Å². The molecule has 25 heavy (non-hydrogen) atoms. The number of carbonyl (C=O) groups is 3. The van der Waals surface area contributed by atoms with Gasteiger partial charge in [0.05, 0.1) is 10.6 Å². The zero-order valence-electron chi connectivity index (χ0n) is 13.5. The van der Waals surface area contributed by atoms with Gasteiger partial charge < -0.3 is 10.1 Å². The Morgan fingerprint density at radius 2 is 1.80 bits per heavy atom. The van der Waals surface area contributed by atoms with Crippen molar-refractivity contribution in [3.8, 4) is 0 Å². The van der Waals surface area contributed by atoms with Gasteiger partial charge in [-0.25, -0.2) is 4.79 Å². The molecule has 0 aliphatic heterocycles. The molecule has 0 radical (unpaired) electrons. The number of esters is 1. The summed E-state index contributed by atoms with van der Waals surface area (Å²) in [4.78, 5) is 35.7. The number of ether oxygens (including phenoxy) is 1. The Balaban J connectivity index is 2.03. The molecule has 0 fully saturated rings. The molecular formula is C18H15Cl2NO4. The van der Waals surface area contributed by atoms with Gasteiger partial charge in [0.1, 0.15) is 0 Å². The summed E-state index contributed by atoms with van der Waals surface area (Å²) in [6, 6.07) is 10.8. The van der Waals surface area contributed by atoms with E-state index in [-0.39, 0.29) is 16.4 Å². The third-order valence-electron chi connectivity index (χ3n) is 3.34. The van der Waals surface area contributed by atoms with Crippen LogP contribution in [0.15, 0.2) is 42.5 Å². The van der Waals surface area contributed by atoms with Crippen LogP contribution in [0.2, 0.25) is 10.0 Å². The lowest BCUT2D eigenvalue weighted by Crippen LogP contribution is -2.30. The Bertz CT molecular complexity index is 836. The number of rotatable bonds is 5. The lowest BCUT2D eigenvalue weighted by molar-refractivity contribution is -0.123. The summed E-state index contributed by atoms with van der Waals surface area (Å²) in [5.74, 6) is -1.38. The fraction of sp³-hybridized carbons (Fsp3) is 0.167. The average Bonchev–Trinajstić information content (AvgIpc) is 2.54. The van der Waals surface area contributed by atoms with Gasteiger partial charge in [0.15, 0.2) is 11.9 Å². The van der Waals surface area contributed by atoms with Gasteiger partial charge in [0, 0.05) is 16.3 Å². The average molecular weight is 380 g/mol. The minimum Gasteiger partial charge on any atom is -0.449 e. The minimum absolute atomic E-state index is 0.115. The van der Waals surface area contributed by atoms with Gasteiger partial charge in [0.2, 0.25) is 0 Å². The number of hydrogen-bond donors (Lipinski definition) is 1. The molecule has 0 unspecified atom stereocenters. The molecule has 1 N–H and O–H groups in total. The highest BCUT2D eigenvalue weighted by atomic mass is 35.5. The fourth-order valence-corrected chi connectivity index (χ4v) is 2.48. The van der Waals surface area contributed by atoms with Crippen LogP contribution in [-0.4, -0.2) is 23.8 Å². The van der Waals surface area contributed by atoms with E-state index in [9.17, 15) is 14.4 Å². The summed E-state index contributed by atoms with van der Waals surface area (Å²) in [7, 11) is 0. The summed E-state index contributed by atoms with van der Waals surface area (Å²) < 4.78 is 5.12. The van der Waals surface area contributed by atoms with Gasteiger partial charge in [0.25, 0.3) is 5.91 Å². The van der Waals surface area contributed by atoms with E-state index >= 15 is 0 Å². The maximum absolute atomic E-state index is 12.2. The molecule has 2 rings (SSSR count). The molecule has 0 spiro atoms. The van der Waals surface area contributed by atoms with Crippen molar-refractivity contribution < 1.29 is 19.1 Å². The minimum atomic E-state index is -1.06. The summed E-state index contributed by atoms with van der Waals surface area (Å²) in [6.45, 7) is 2.87. The van der Waals surface area contributed by atoms with Crippen LogP contribution in [0.4, 0.5) is 5.69 Å². The molecule has 0 bridgehead atoms. The number of halogens is 2. The summed E-state index contributed by atoms with van der Waals surface area (Å²) in [6.07, 6.45) is -1.06. The fourth-order valence-electron chi connectivity index (χ4n) is 1.99. The molecule has 0 saturated carbocycles. The first-order chi connectivity index (χ1) is 11.8.